The molecule has 1 fully saturated rings. The number of amides is 1. The molecule has 2 unspecified atom stereocenters. The van der Waals surface area contributed by atoms with Crippen LogP contribution < -0.4 is 15.6 Å². The van der Waals surface area contributed by atoms with Gasteiger partial charge in [-0.15, -0.1) is 0 Å². The van der Waals surface area contributed by atoms with E-state index in [1.165, 1.54) is 0 Å². The van der Waals surface area contributed by atoms with E-state index in [1.54, 1.807) is 16.7 Å². The van der Waals surface area contributed by atoms with E-state index in [2.05, 4.69) is 16.0 Å². The lowest BCUT2D eigenvalue weighted by Crippen LogP contribution is -2.44. The van der Waals surface area contributed by atoms with Crippen molar-refractivity contribution in [2.45, 2.75) is 24.9 Å². The highest BCUT2D eigenvalue weighted by Crippen LogP contribution is 2.25. The summed E-state index contributed by atoms with van der Waals surface area (Å²) in [5.74, 6) is 0.921. The van der Waals surface area contributed by atoms with Gasteiger partial charge >= 0.3 is 0 Å². The molecule has 1 aromatic heterocycles. The summed E-state index contributed by atoms with van der Waals surface area (Å²) >= 11 is 0. The van der Waals surface area contributed by atoms with Crippen LogP contribution in [0.1, 0.15) is 23.6 Å². The number of likely N-dealkylation sites (N-methyl/N-ethyl adjacent to an activating group) is 1. The number of nitrogens with zero attached hydrogens (tertiary/aromatic N) is 3. The number of carbonyl (C=O) groups is 1. The first-order valence-electron chi connectivity index (χ1n) is 8.44. The molecular formula is C18H25N5O2. The van der Waals surface area contributed by atoms with Crippen molar-refractivity contribution in [3.63, 3.8) is 0 Å². The van der Waals surface area contributed by atoms with Crippen LogP contribution in [0.25, 0.3) is 0 Å². The van der Waals surface area contributed by atoms with Gasteiger partial charge in [-0.3, -0.25) is 9.48 Å². The summed E-state index contributed by atoms with van der Waals surface area (Å²) in [6.07, 6.45) is 5.33. The zero-order chi connectivity index (χ0) is 17.8. The van der Waals surface area contributed by atoms with E-state index in [4.69, 9.17) is 4.74 Å². The highest BCUT2D eigenvalue weighted by molar-refractivity contribution is 5.82. The van der Waals surface area contributed by atoms with Crippen LogP contribution in [0.15, 0.2) is 36.7 Å². The lowest BCUT2D eigenvalue weighted by Gasteiger charge is -2.20. The number of hydrogen-bond donors (Lipinski definition) is 2. The van der Waals surface area contributed by atoms with Gasteiger partial charge < -0.3 is 9.64 Å². The molecule has 2 atom stereocenters. The summed E-state index contributed by atoms with van der Waals surface area (Å²) in [4.78, 5) is 14.4. The molecule has 1 saturated heterocycles. The summed E-state index contributed by atoms with van der Waals surface area (Å²) in [7, 11) is 5.40. The van der Waals surface area contributed by atoms with Crippen molar-refractivity contribution in [3.05, 3.63) is 47.8 Å². The average molecular weight is 343 g/mol. The molecule has 2 heterocycles. The first-order chi connectivity index (χ1) is 12.1. The number of methoxy groups -OCH3 is 1. The molecule has 0 bridgehead atoms. The monoisotopic (exact) mass is 343 g/mol. The van der Waals surface area contributed by atoms with Crippen LogP contribution in [-0.2, 0) is 18.3 Å². The molecule has 7 nitrogen and oxygen atoms in total. The molecule has 0 spiro atoms. The van der Waals surface area contributed by atoms with E-state index in [-0.39, 0.29) is 18.0 Å². The molecule has 2 N–H and O–H groups in total. The Kier molecular flexibility index (Phi) is 5.35. The lowest BCUT2D eigenvalue weighted by molar-refractivity contribution is -0.131. The highest BCUT2D eigenvalue weighted by atomic mass is 16.5. The van der Waals surface area contributed by atoms with Crippen molar-refractivity contribution >= 4 is 5.91 Å². The van der Waals surface area contributed by atoms with Crippen molar-refractivity contribution in [2.24, 2.45) is 7.05 Å². The van der Waals surface area contributed by atoms with E-state index in [1.807, 2.05) is 50.8 Å². The SMILES string of the molecule is COc1cccc(C2CC(C(=O)N(C)CCc3cnn(C)c3)NN2)c1. The first kappa shape index (κ1) is 17.4. The van der Waals surface area contributed by atoms with Crippen LogP contribution in [0, 0.1) is 0 Å². The maximum Gasteiger partial charge on any atom is 0.240 e. The predicted octanol–water partition coefficient (Wildman–Crippen LogP) is 1.04. The average Bonchev–Trinajstić information content (AvgIpc) is 3.28. The predicted molar refractivity (Wildman–Crippen MR) is 95.0 cm³/mol. The second-order valence-electron chi connectivity index (χ2n) is 6.44. The number of hydrazine groups is 1. The van der Waals surface area contributed by atoms with Gasteiger partial charge in [0.15, 0.2) is 0 Å². The fourth-order valence-electron chi connectivity index (χ4n) is 3.07. The molecule has 134 valence electrons. The van der Waals surface area contributed by atoms with Crippen LogP contribution in [0.3, 0.4) is 0 Å². The van der Waals surface area contributed by atoms with Crippen molar-refractivity contribution in [1.82, 2.24) is 25.5 Å². The fourth-order valence-corrected chi connectivity index (χ4v) is 3.07. The van der Waals surface area contributed by atoms with Gasteiger partial charge in [-0.2, -0.15) is 5.10 Å². The Morgan fingerprint density at radius 1 is 1.44 bits per heavy atom. The van der Waals surface area contributed by atoms with Crippen LogP contribution in [0.5, 0.6) is 5.75 Å². The number of benzene rings is 1. The zero-order valence-electron chi connectivity index (χ0n) is 14.9. The molecule has 0 aliphatic carbocycles. The zero-order valence-corrected chi connectivity index (χ0v) is 14.9. The third-order valence-corrected chi connectivity index (χ3v) is 4.57. The van der Waals surface area contributed by atoms with Crippen LogP contribution in [-0.4, -0.2) is 47.3 Å². The van der Waals surface area contributed by atoms with E-state index in [0.29, 0.717) is 13.0 Å². The molecule has 1 aliphatic rings. The molecule has 1 amide bonds. The van der Waals surface area contributed by atoms with Crippen molar-refractivity contribution in [1.29, 1.82) is 0 Å². The minimum atomic E-state index is -0.227. The maximum absolute atomic E-state index is 12.6. The Morgan fingerprint density at radius 2 is 2.28 bits per heavy atom. The summed E-state index contributed by atoms with van der Waals surface area (Å²) in [5, 5.41) is 4.16. The lowest BCUT2D eigenvalue weighted by atomic mass is 10.0. The third kappa shape index (κ3) is 4.18. The first-order valence-corrected chi connectivity index (χ1v) is 8.44. The van der Waals surface area contributed by atoms with Gasteiger partial charge in [0, 0.05) is 32.9 Å². The molecular weight excluding hydrogens is 318 g/mol. The number of aromatic nitrogens is 2. The van der Waals surface area contributed by atoms with Crippen molar-refractivity contribution in [2.75, 3.05) is 20.7 Å². The second kappa shape index (κ2) is 7.67. The van der Waals surface area contributed by atoms with E-state index in [9.17, 15) is 4.79 Å². The van der Waals surface area contributed by atoms with E-state index in [0.717, 1.165) is 23.3 Å². The van der Waals surface area contributed by atoms with Crippen LogP contribution in [0.2, 0.25) is 0 Å². The molecule has 1 aromatic carbocycles. The van der Waals surface area contributed by atoms with Crippen molar-refractivity contribution < 1.29 is 9.53 Å². The Labute approximate surface area is 147 Å². The Morgan fingerprint density at radius 3 is 3.00 bits per heavy atom. The Balaban J connectivity index is 1.54. The summed E-state index contributed by atoms with van der Waals surface area (Å²) in [6.45, 7) is 0.673. The van der Waals surface area contributed by atoms with Gasteiger partial charge in [0.05, 0.1) is 13.3 Å². The normalized spacial score (nSPS) is 19.8. The molecule has 0 radical (unpaired) electrons. The van der Waals surface area contributed by atoms with Gasteiger partial charge in [-0.1, -0.05) is 12.1 Å². The van der Waals surface area contributed by atoms with E-state index < -0.39 is 0 Å². The fraction of sp³-hybridized carbons (Fsp3) is 0.444. The highest BCUT2D eigenvalue weighted by Gasteiger charge is 2.31. The molecule has 7 heteroatoms. The minimum Gasteiger partial charge on any atom is -0.497 e. The van der Waals surface area contributed by atoms with Gasteiger partial charge in [-0.25, -0.2) is 10.9 Å². The number of ether oxygens (including phenoxy) is 1. The molecule has 25 heavy (non-hydrogen) atoms. The van der Waals surface area contributed by atoms with Gasteiger partial charge in [-0.05, 0) is 36.1 Å². The summed E-state index contributed by atoms with van der Waals surface area (Å²) in [6, 6.07) is 7.79. The van der Waals surface area contributed by atoms with Gasteiger partial charge in [0.2, 0.25) is 5.91 Å². The Hall–Kier alpha value is -2.38. The van der Waals surface area contributed by atoms with Crippen LogP contribution >= 0.6 is 0 Å². The Bertz CT molecular complexity index is 730. The molecule has 0 saturated carbocycles. The standard InChI is InChI=1S/C18H25N5O2/c1-22(8-7-13-11-19-23(2)12-13)18(24)17-10-16(20-21-17)14-5-4-6-15(9-14)25-3/h4-6,9,11-12,16-17,20-21H,7-8,10H2,1-3H3. The topological polar surface area (TPSA) is 71.4 Å². The minimum absolute atomic E-state index is 0.0933. The summed E-state index contributed by atoms with van der Waals surface area (Å²) < 4.78 is 7.05. The molecule has 3 rings (SSSR count). The second-order valence-corrected chi connectivity index (χ2v) is 6.44. The summed E-state index contributed by atoms with van der Waals surface area (Å²) in [5.41, 5.74) is 8.59. The number of rotatable bonds is 6. The molecule has 2 aromatic rings. The number of hydrogen-bond acceptors (Lipinski definition) is 5. The van der Waals surface area contributed by atoms with Crippen LogP contribution in [0.4, 0.5) is 0 Å². The smallest absolute Gasteiger partial charge is 0.240 e. The number of aryl methyl sites for hydroxylation is 1. The molecule has 1 aliphatic heterocycles. The largest absolute Gasteiger partial charge is 0.497 e. The quantitative estimate of drug-likeness (QED) is 0.820. The van der Waals surface area contributed by atoms with Crippen molar-refractivity contribution in [3.8, 4) is 5.75 Å². The van der Waals surface area contributed by atoms with E-state index >= 15 is 0 Å². The number of carbonyl (C=O) groups excluding carboxylic acids is 1. The van der Waals surface area contributed by atoms with Gasteiger partial charge in [0.1, 0.15) is 11.8 Å². The third-order valence-electron chi connectivity index (χ3n) is 4.57. The maximum atomic E-state index is 12.6. The number of nitrogens with one attached hydrogen (secondary N) is 2. The van der Waals surface area contributed by atoms with Gasteiger partial charge in [0.25, 0.3) is 0 Å².